The molecule has 1 amide bonds. The van der Waals surface area contributed by atoms with E-state index >= 15 is 0 Å². The first-order chi connectivity index (χ1) is 8.82. The summed E-state index contributed by atoms with van der Waals surface area (Å²) in [6.45, 7) is 4.58. The quantitative estimate of drug-likeness (QED) is 0.754. The summed E-state index contributed by atoms with van der Waals surface area (Å²) in [6, 6.07) is 0.375. The minimum absolute atomic E-state index is 0.161. The highest BCUT2D eigenvalue weighted by Gasteiger charge is 2.30. The van der Waals surface area contributed by atoms with Crippen LogP contribution in [0.15, 0.2) is 0 Å². The van der Waals surface area contributed by atoms with Crippen molar-refractivity contribution < 1.29 is 14.7 Å². The highest BCUT2D eigenvalue weighted by atomic mass is 16.4. The van der Waals surface area contributed by atoms with Gasteiger partial charge in [0.25, 0.3) is 0 Å². The molecule has 4 heteroatoms. The Kier molecular flexibility index (Phi) is 5.83. The van der Waals surface area contributed by atoms with E-state index < -0.39 is 5.97 Å². The summed E-state index contributed by atoms with van der Waals surface area (Å²) in [5.74, 6) is -0.620. The van der Waals surface area contributed by atoms with Crippen LogP contribution in [0.1, 0.15) is 65.2 Å². The Morgan fingerprint density at radius 2 is 1.68 bits per heavy atom. The summed E-state index contributed by atoms with van der Waals surface area (Å²) in [5.41, 5.74) is 0.419. The lowest BCUT2D eigenvalue weighted by Gasteiger charge is -2.38. The van der Waals surface area contributed by atoms with Crippen LogP contribution in [0.5, 0.6) is 0 Å². The molecule has 110 valence electrons. The van der Waals surface area contributed by atoms with Gasteiger partial charge < -0.3 is 10.0 Å². The number of hydrogen-bond acceptors (Lipinski definition) is 2. The molecular weight excluding hydrogens is 242 g/mol. The van der Waals surface area contributed by atoms with Gasteiger partial charge in [0.2, 0.25) is 5.91 Å². The molecule has 0 atom stereocenters. The molecule has 0 aromatic heterocycles. The predicted molar refractivity (Wildman–Crippen MR) is 74.9 cm³/mol. The summed E-state index contributed by atoms with van der Waals surface area (Å²) < 4.78 is 0. The Labute approximate surface area is 116 Å². The maximum Gasteiger partial charge on any atom is 0.303 e. The van der Waals surface area contributed by atoms with Crippen molar-refractivity contribution in [2.75, 3.05) is 7.05 Å². The van der Waals surface area contributed by atoms with Crippen molar-refractivity contribution in [3.8, 4) is 0 Å². The third-order valence-corrected chi connectivity index (χ3v) is 4.28. The van der Waals surface area contributed by atoms with Crippen LogP contribution < -0.4 is 0 Å². The van der Waals surface area contributed by atoms with Gasteiger partial charge in [-0.3, -0.25) is 9.59 Å². The number of aliphatic carboxylic acids is 1. The van der Waals surface area contributed by atoms with Crippen molar-refractivity contribution >= 4 is 11.9 Å². The molecule has 0 spiro atoms. The molecule has 0 aromatic rings. The molecule has 0 bridgehead atoms. The van der Waals surface area contributed by atoms with E-state index in [-0.39, 0.29) is 12.3 Å². The first-order valence-corrected chi connectivity index (χ1v) is 7.29. The number of amides is 1. The predicted octanol–water partition coefficient (Wildman–Crippen LogP) is 3.06. The number of nitrogens with zero attached hydrogens (tertiary/aromatic N) is 1. The van der Waals surface area contributed by atoms with Crippen LogP contribution in [0.25, 0.3) is 0 Å². The molecule has 1 rings (SSSR count). The Balaban J connectivity index is 2.27. The average Bonchev–Trinajstić information content (AvgIpc) is 2.33. The third kappa shape index (κ3) is 5.62. The van der Waals surface area contributed by atoms with E-state index in [1.807, 2.05) is 11.9 Å². The monoisotopic (exact) mass is 269 g/mol. The van der Waals surface area contributed by atoms with E-state index in [0.717, 1.165) is 12.8 Å². The standard InChI is InChI=1S/C15H27NO3/c1-15(2)10-8-12(9-11-15)16(3)13(17)6-4-5-7-14(18)19/h12H,4-11H2,1-3H3,(H,18,19). The van der Waals surface area contributed by atoms with Crippen LogP contribution in [0.4, 0.5) is 0 Å². The zero-order valence-corrected chi connectivity index (χ0v) is 12.4. The molecule has 19 heavy (non-hydrogen) atoms. The lowest BCUT2D eigenvalue weighted by Crippen LogP contribution is -2.40. The molecule has 1 aliphatic rings. The number of hydrogen-bond donors (Lipinski definition) is 1. The van der Waals surface area contributed by atoms with Gasteiger partial charge in [-0.05, 0) is 43.9 Å². The Hall–Kier alpha value is -1.06. The van der Waals surface area contributed by atoms with Crippen molar-refractivity contribution in [1.29, 1.82) is 0 Å². The van der Waals surface area contributed by atoms with Gasteiger partial charge in [0.1, 0.15) is 0 Å². The molecule has 0 radical (unpaired) electrons. The van der Waals surface area contributed by atoms with Crippen LogP contribution in [-0.4, -0.2) is 35.0 Å². The van der Waals surface area contributed by atoms with E-state index in [2.05, 4.69) is 13.8 Å². The van der Waals surface area contributed by atoms with Gasteiger partial charge in [-0.25, -0.2) is 0 Å². The van der Waals surface area contributed by atoms with Crippen LogP contribution in [0.2, 0.25) is 0 Å². The maximum atomic E-state index is 12.0. The van der Waals surface area contributed by atoms with Crippen molar-refractivity contribution in [3.63, 3.8) is 0 Å². The number of rotatable bonds is 6. The van der Waals surface area contributed by atoms with Crippen LogP contribution >= 0.6 is 0 Å². The average molecular weight is 269 g/mol. The fourth-order valence-electron chi connectivity index (χ4n) is 2.70. The smallest absolute Gasteiger partial charge is 0.303 e. The second kappa shape index (κ2) is 6.92. The van der Waals surface area contributed by atoms with Crippen LogP contribution in [-0.2, 0) is 9.59 Å². The number of carboxylic acids is 1. The van der Waals surface area contributed by atoms with Crippen molar-refractivity contribution in [1.82, 2.24) is 4.90 Å². The highest BCUT2D eigenvalue weighted by Crippen LogP contribution is 2.36. The zero-order chi connectivity index (χ0) is 14.5. The normalized spacial score (nSPS) is 19.1. The molecule has 4 nitrogen and oxygen atoms in total. The molecule has 0 aliphatic heterocycles. The van der Waals surface area contributed by atoms with Gasteiger partial charge in [0, 0.05) is 25.9 Å². The second-order valence-electron chi connectivity index (χ2n) is 6.50. The maximum absolute atomic E-state index is 12.0. The minimum Gasteiger partial charge on any atom is -0.481 e. The van der Waals surface area contributed by atoms with Crippen molar-refractivity contribution in [2.24, 2.45) is 5.41 Å². The van der Waals surface area contributed by atoms with E-state index in [1.165, 1.54) is 12.8 Å². The molecule has 0 unspecified atom stereocenters. The van der Waals surface area contributed by atoms with Crippen LogP contribution in [0.3, 0.4) is 0 Å². The lowest BCUT2D eigenvalue weighted by atomic mass is 9.75. The SMILES string of the molecule is CN(C(=O)CCCCC(=O)O)C1CCC(C)(C)CC1. The fraction of sp³-hybridized carbons (Fsp3) is 0.867. The molecule has 1 N–H and O–H groups in total. The largest absolute Gasteiger partial charge is 0.481 e. The van der Waals surface area contributed by atoms with E-state index in [1.54, 1.807) is 0 Å². The van der Waals surface area contributed by atoms with E-state index in [9.17, 15) is 9.59 Å². The Morgan fingerprint density at radius 1 is 1.16 bits per heavy atom. The number of unbranched alkanes of at least 4 members (excludes halogenated alkanes) is 1. The lowest BCUT2D eigenvalue weighted by molar-refractivity contribution is -0.138. The molecule has 1 aliphatic carbocycles. The van der Waals surface area contributed by atoms with E-state index in [4.69, 9.17) is 5.11 Å². The minimum atomic E-state index is -0.782. The summed E-state index contributed by atoms with van der Waals surface area (Å²) in [5, 5.41) is 8.55. The highest BCUT2D eigenvalue weighted by molar-refractivity contribution is 5.76. The van der Waals surface area contributed by atoms with Gasteiger partial charge in [-0.1, -0.05) is 13.8 Å². The zero-order valence-electron chi connectivity index (χ0n) is 12.4. The van der Waals surface area contributed by atoms with Crippen molar-refractivity contribution in [2.45, 2.75) is 71.3 Å². The fourth-order valence-corrected chi connectivity index (χ4v) is 2.70. The van der Waals surface area contributed by atoms with Gasteiger partial charge in [-0.2, -0.15) is 0 Å². The van der Waals surface area contributed by atoms with E-state index in [0.29, 0.717) is 30.7 Å². The molecule has 0 heterocycles. The number of carboxylic acid groups (broad SMARTS) is 1. The van der Waals surface area contributed by atoms with Crippen molar-refractivity contribution in [3.05, 3.63) is 0 Å². The summed E-state index contributed by atoms with van der Waals surface area (Å²) in [4.78, 5) is 24.3. The summed E-state index contributed by atoms with van der Waals surface area (Å²) in [7, 11) is 1.89. The summed E-state index contributed by atoms with van der Waals surface area (Å²) >= 11 is 0. The Morgan fingerprint density at radius 3 is 2.21 bits per heavy atom. The second-order valence-corrected chi connectivity index (χ2v) is 6.50. The molecular formula is C15H27NO3. The van der Waals surface area contributed by atoms with Gasteiger partial charge in [0.05, 0.1) is 0 Å². The van der Waals surface area contributed by atoms with Gasteiger partial charge in [-0.15, -0.1) is 0 Å². The molecule has 1 saturated carbocycles. The topological polar surface area (TPSA) is 57.6 Å². The number of carbonyl (C=O) groups excluding carboxylic acids is 1. The summed E-state index contributed by atoms with van der Waals surface area (Å²) in [6.07, 6.45) is 6.43. The van der Waals surface area contributed by atoms with Gasteiger partial charge in [0.15, 0.2) is 0 Å². The third-order valence-electron chi connectivity index (χ3n) is 4.28. The van der Waals surface area contributed by atoms with Crippen LogP contribution in [0, 0.1) is 5.41 Å². The first kappa shape index (κ1) is 16.0. The number of carbonyl (C=O) groups is 2. The molecule has 0 aromatic carbocycles. The Bertz CT molecular complexity index is 315. The van der Waals surface area contributed by atoms with Gasteiger partial charge >= 0.3 is 5.97 Å². The first-order valence-electron chi connectivity index (χ1n) is 7.29. The molecule has 0 saturated heterocycles. The molecule has 1 fully saturated rings.